The van der Waals surface area contributed by atoms with Crippen LogP contribution in [0.5, 0.6) is 0 Å². The third kappa shape index (κ3) is 2.36. The predicted octanol–water partition coefficient (Wildman–Crippen LogP) is 2.25. The van der Waals surface area contributed by atoms with Crippen molar-refractivity contribution in [1.29, 1.82) is 0 Å². The van der Waals surface area contributed by atoms with E-state index in [1.165, 1.54) is 22.2 Å². The minimum atomic E-state index is -0.142. The lowest BCUT2D eigenvalue weighted by Gasteiger charge is -2.36. The van der Waals surface area contributed by atoms with Gasteiger partial charge in [0.2, 0.25) is 5.91 Å². The zero-order valence-corrected chi connectivity index (χ0v) is 14.2. The number of rotatable bonds is 3. The summed E-state index contributed by atoms with van der Waals surface area (Å²) in [5, 5.41) is 1.84. The molecule has 4 heterocycles. The third-order valence-electron chi connectivity index (χ3n) is 4.61. The molecule has 4 rings (SSSR count). The van der Waals surface area contributed by atoms with Gasteiger partial charge in [0, 0.05) is 25.0 Å². The number of nitrogens with zero attached hydrogens (tertiary/aromatic N) is 4. The molecule has 0 aliphatic carbocycles. The van der Waals surface area contributed by atoms with Gasteiger partial charge in [-0.05, 0) is 30.0 Å². The van der Waals surface area contributed by atoms with Gasteiger partial charge in [0.05, 0.1) is 17.9 Å². The number of aromatic nitrogens is 3. The van der Waals surface area contributed by atoms with Crippen LogP contribution < -0.4 is 5.56 Å². The second-order valence-electron chi connectivity index (χ2n) is 5.95. The van der Waals surface area contributed by atoms with Gasteiger partial charge in [0.15, 0.2) is 0 Å². The van der Waals surface area contributed by atoms with Crippen LogP contribution in [-0.4, -0.2) is 31.5 Å². The minimum Gasteiger partial charge on any atom is -0.348 e. The van der Waals surface area contributed by atoms with Crippen LogP contribution in [0.2, 0.25) is 0 Å². The molecule has 3 aromatic heterocycles. The van der Waals surface area contributed by atoms with Crippen molar-refractivity contribution in [1.82, 2.24) is 19.0 Å². The molecule has 6 nitrogen and oxygen atoms in total. The molecule has 7 heteroatoms. The van der Waals surface area contributed by atoms with E-state index in [1.807, 2.05) is 22.4 Å². The van der Waals surface area contributed by atoms with Gasteiger partial charge in [0.1, 0.15) is 11.2 Å². The Hall–Kier alpha value is -2.41. The molecule has 1 aliphatic heterocycles. The molecule has 0 aromatic carbocycles. The molecular weight excluding hydrogens is 324 g/mol. The molecule has 0 bridgehead atoms. The zero-order valence-electron chi connectivity index (χ0n) is 13.4. The molecule has 3 aromatic rings. The van der Waals surface area contributed by atoms with Crippen LogP contribution in [0.1, 0.15) is 25.1 Å². The lowest BCUT2D eigenvalue weighted by Crippen LogP contribution is -2.44. The highest BCUT2D eigenvalue weighted by molar-refractivity contribution is 7.17. The summed E-state index contributed by atoms with van der Waals surface area (Å²) in [7, 11) is 0. The van der Waals surface area contributed by atoms with Crippen molar-refractivity contribution in [2.75, 3.05) is 6.54 Å². The fourth-order valence-corrected chi connectivity index (χ4v) is 4.21. The lowest BCUT2D eigenvalue weighted by atomic mass is 10.1. The molecule has 0 saturated heterocycles. The summed E-state index contributed by atoms with van der Waals surface area (Å²) in [4.78, 5) is 31.5. The number of carbonyl (C=O) groups is 1. The van der Waals surface area contributed by atoms with Crippen LogP contribution in [0.25, 0.3) is 10.2 Å². The Labute approximate surface area is 143 Å². The Balaban J connectivity index is 1.61. The zero-order chi connectivity index (χ0) is 16.7. The maximum atomic E-state index is 12.8. The van der Waals surface area contributed by atoms with Gasteiger partial charge < -0.3 is 9.47 Å². The number of hydrogen-bond acceptors (Lipinski definition) is 4. The standard InChI is InChI=1S/C17H18N4O2S/c1-2-13-14-4-3-6-19(14)7-8-21(13)15(22)10-20-11-18-12-5-9-24-16(12)17(20)23/h3-6,9,11,13H,2,7-8,10H2,1H3/t13-/m1/s1. The summed E-state index contributed by atoms with van der Waals surface area (Å²) in [6, 6.07) is 5.97. The van der Waals surface area contributed by atoms with Gasteiger partial charge in [-0.1, -0.05) is 6.92 Å². The Bertz CT molecular complexity index is 955. The molecule has 0 spiro atoms. The van der Waals surface area contributed by atoms with Crippen LogP contribution in [-0.2, 0) is 17.9 Å². The Morgan fingerprint density at radius 2 is 2.25 bits per heavy atom. The normalized spacial score (nSPS) is 17.2. The maximum Gasteiger partial charge on any atom is 0.271 e. The van der Waals surface area contributed by atoms with Crippen molar-refractivity contribution in [2.24, 2.45) is 0 Å². The van der Waals surface area contributed by atoms with Crippen molar-refractivity contribution in [3.8, 4) is 0 Å². The van der Waals surface area contributed by atoms with E-state index >= 15 is 0 Å². The highest BCUT2D eigenvalue weighted by Gasteiger charge is 2.29. The highest BCUT2D eigenvalue weighted by Crippen LogP contribution is 2.28. The molecule has 124 valence electrons. The highest BCUT2D eigenvalue weighted by atomic mass is 32.1. The summed E-state index contributed by atoms with van der Waals surface area (Å²) in [5.74, 6) is -0.0332. The van der Waals surface area contributed by atoms with E-state index in [4.69, 9.17) is 0 Å². The summed E-state index contributed by atoms with van der Waals surface area (Å²) in [6.07, 6.45) is 4.38. The lowest BCUT2D eigenvalue weighted by molar-refractivity contribution is -0.135. The molecule has 24 heavy (non-hydrogen) atoms. The second kappa shape index (κ2) is 5.90. The quantitative estimate of drug-likeness (QED) is 0.733. The van der Waals surface area contributed by atoms with Crippen LogP contribution in [0.3, 0.4) is 0 Å². The van der Waals surface area contributed by atoms with Gasteiger partial charge in [0.25, 0.3) is 5.56 Å². The Kier molecular flexibility index (Phi) is 3.72. The third-order valence-corrected chi connectivity index (χ3v) is 5.50. The van der Waals surface area contributed by atoms with Gasteiger partial charge in [-0.2, -0.15) is 0 Å². The average Bonchev–Trinajstić information content (AvgIpc) is 3.25. The molecule has 0 unspecified atom stereocenters. The van der Waals surface area contributed by atoms with Crippen molar-refractivity contribution >= 4 is 27.5 Å². The first-order valence-electron chi connectivity index (χ1n) is 8.06. The number of hydrogen-bond donors (Lipinski definition) is 0. The number of carbonyl (C=O) groups excluding carboxylic acids is 1. The van der Waals surface area contributed by atoms with Crippen LogP contribution in [0.4, 0.5) is 0 Å². The first-order valence-corrected chi connectivity index (χ1v) is 8.94. The van der Waals surface area contributed by atoms with Crippen molar-refractivity contribution < 1.29 is 4.79 Å². The molecule has 1 atom stereocenters. The van der Waals surface area contributed by atoms with E-state index in [2.05, 4.69) is 28.7 Å². The minimum absolute atomic E-state index is 0.0332. The average molecular weight is 342 g/mol. The molecule has 0 fully saturated rings. The summed E-state index contributed by atoms with van der Waals surface area (Å²) in [5.41, 5.74) is 1.71. The second-order valence-corrected chi connectivity index (χ2v) is 6.87. The number of thiophene rings is 1. The maximum absolute atomic E-state index is 12.8. The molecular formula is C17H18N4O2S. The van der Waals surface area contributed by atoms with Crippen molar-refractivity contribution in [3.63, 3.8) is 0 Å². The first kappa shape index (κ1) is 15.1. The van der Waals surface area contributed by atoms with Crippen LogP contribution in [0.15, 0.2) is 40.9 Å². The van der Waals surface area contributed by atoms with E-state index in [9.17, 15) is 9.59 Å². The Morgan fingerprint density at radius 1 is 1.38 bits per heavy atom. The fraction of sp³-hybridized carbons (Fsp3) is 0.353. The number of amides is 1. The van der Waals surface area contributed by atoms with Crippen molar-refractivity contribution in [2.45, 2.75) is 32.5 Å². The Morgan fingerprint density at radius 3 is 3.08 bits per heavy atom. The van der Waals surface area contributed by atoms with E-state index in [0.29, 0.717) is 16.8 Å². The summed E-state index contributed by atoms with van der Waals surface area (Å²) >= 11 is 1.36. The van der Waals surface area contributed by atoms with Gasteiger partial charge >= 0.3 is 0 Å². The smallest absolute Gasteiger partial charge is 0.271 e. The van der Waals surface area contributed by atoms with E-state index in [0.717, 1.165) is 18.7 Å². The van der Waals surface area contributed by atoms with E-state index in [-0.39, 0.29) is 24.1 Å². The van der Waals surface area contributed by atoms with Gasteiger partial charge in [-0.3, -0.25) is 14.2 Å². The summed E-state index contributed by atoms with van der Waals surface area (Å²) < 4.78 is 4.22. The van der Waals surface area contributed by atoms with Crippen molar-refractivity contribution in [3.05, 3.63) is 52.2 Å². The van der Waals surface area contributed by atoms with Crippen LogP contribution in [0, 0.1) is 0 Å². The fourth-order valence-electron chi connectivity index (χ4n) is 3.42. The SMILES string of the molecule is CC[C@@H]1c2cccn2CCN1C(=O)Cn1cnc2ccsc2c1=O. The largest absolute Gasteiger partial charge is 0.348 e. The molecule has 1 amide bonds. The predicted molar refractivity (Wildman–Crippen MR) is 93.1 cm³/mol. The van der Waals surface area contributed by atoms with Gasteiger partial charge in [-0.15, -0.1) is 11.3 Å². The molecule has 0 saturated carbocycles. The van der Waals surface area contributed by atoms with E-state index < -0.39 is 0 Å². The molecule has 0 N–H and O–H groups in total. The summed E-state index contributed by atoms with van der Waals surface area (Å²) in [6.45, 7) is 3.58. The van der Waals surface area contributed by atoms with Gasteiger partial charge in [-0.25, -0.2) is 4.98 Å². The first-order chi connectivity index (χ1) is 11.7. The number of fused-ring (bicyclic) bond motifs is 2. The topological polar surface area (TPSA) is 60.1 Å². The molecule has 0 radical (unpaired) electrons. The monoisotopic (exact) mass is 342 g/mol. The van der Waals surface area contributed by atoms with Crippen LogP contribution >= 0.6 is 11.3 Å². The van der Waals surface area contributed by atoms with E-state index in [1.54, 1.807) is 0 Å². The molecule has 1 aliphatic rings.